The zero-order chi connectivity index (χ0) is 17.1. The second kappa shape index (κ2) is 6.66. The van der Waals surface area contributed by atoms with Crippen molar-refractivity contribution in [2.45, 2.75) is 19.5 Å². The minimum absolute atomic E-state index is 0.0551. The van der Waals surface area contributed by atoms with Crippen LogP contribution in [0.2, 0.25) is 0 Å². The number of fused-ring (bicyclic) bond motifs is 1. The Balaban J connectivity index is 1.81. The normalized spacial score (nSPS) is 12.1. The van der Waals surface area contributed by atoms with Crippen molar-refractivity contribution in [3.63, 3.8) is 0 Å². The van der Waals surface area contributed by atoms with Gasteiger partial charge in [0.15, 0.2) is 5.43 Å². The van der Waals surface area contributed by atoms with E-state index in [1.165, 1.54) is 24.3 Å². The van der Waals surface area contributed by atoms with Gasteiger partial charge in [-0.05, 0) is 30.7 Å². The van der Waals surface area contributed by atoms with Crippen molar-refractivity contribution in [3.05, 3.63) is 82.4 Å². The molecule has 122 valence electrons. The van der Waals surface area contributed by atoms with Crippen LogP contribution in [0.1, 0.15) is 18.5 Å². The molecule has 1 heterocycles. The molecule has 0 saturated carbocycles. The summed E-state index contributed by atoms with van der Waals surface area (Å²) >= 11 is 0. The summed E-state index contributed by atoms with van der Waals surface area (Å²) in [7, 11) is 0. The Morgan fingerprint density at radius 2 is 1.92 bits per heavy atom. The minimum atomic E-state index is -0.473. The number of nitrogens with one attached hydrogen (secondary N) is 1. The SMILES string of the molecule is CC(NC(=O)Cn1ccc(=O)c2cc(F)ccc21)c1ccccc1. The summed E-state index contributed by atoms with van der Waals surface area (Å²) in [6.45, 7) is 1.96. The molecular formula is C19H17FN2O2. The molecule has 2 aromatic carbocycles. The quantitative estimate of drug-likeness (QED) is 0.802. The zero-order valence-corrected chi connectivity index (χ0v) is 13.2. The fraction of sp³-hybridized carbons (Fsp3) is 0.158. The van der Waals surface area contributed by atoms with Crippen molar-refractivity contribution in [3.8, 4) is 0 Å². The number of aromatic nitrogens is 1. The van der Waals surface area contributed by atoms with Crippen molar-refractivity contribution in [1.82, 2.24) is 9.88 Å². The van der Waals surface area contributed by atoms with Crippen LogP contribution in [-0.4, -0.2) is 10.5 Å². The highest BCUT2D eigenvalue weighted by Crippen LogP contribution is 2.13. The monoisotopic (exact) mass is 324 g/mol. The van der Waals surface area contributed by atoms with Gasteiger partial charge in [-0.3, -0.25) is 9.59 Å². The summed E-state index contributed by atoms with van der Waals surface area (Å²) in [5, 5.41) is 3.19. The first-order valence-electron chi connectivity index (χ1n) is 7.67. The summed E-state index contributed by atoms with van der Waals surface area (Å²) in [6.07, 6.45) is 1.55. The summed E-state index contributed by atoms with van der Waals surface area (Å²) in [5.41, 5.74) is 1.28. The molecule has 0 aliphatic carbocycles. The Bertz CT molecular complexity index is 935. The van der Waals surface area contributed by atoms with Crippen LogP contribution in [0.3, 0.4) is 0 Å². The topological polar surface area (TPSA) is 51.1 Å². The molecule has 4 nitrogen and oxygen atoms in total. The highest BCUT2D eigenvalue weighted by Gasteiger charge is 2.11. The molecule has 1 atom stereocenters. The smallest absolute Gasteiger partial charge is 0.240 e. The molecule has 0 spiro atoms. The molecule has 24 heavy (non-hydrogen) atoms. The lowest BCUT2D eigenvalue weighted by Crippen LogP contribution is -2.30. The van der Waals surface area contributed by atoms with E-state index in [0.717, 1.165) is 5.56 Å². The predicted molar refractivity (Wildman–Crippen MR) is 91.2 cm³/mol. The van der Waals surface area contributed by atoms with Gasteiger partial charge >= 0.3 is 0 Å². The molecule has 0 bridgehead atoms. The maximum atomic E-state index is 13.3. The third-order valence-corrected chi connectivity index (χ3v) is 3.93. The van der Waals surface area contributed by atoms with Crippen molar-refractivity contribution in [2.24, 2.45) is 0 Å². The minimum Gasteiger partial charge on any atom is -0.348 e. The van der Waals surface area contributed by atoms with Crippen LogP contribution in [0.4, 0.5) is 4.39 Å². The molecule has 1 aromatic heterocycles. The van der Waals surface area contributed by atoms with Crippen molar-refractivity contribution < 1.29 is 9.18 Å². The van der Waals surface area contributed by atoms with Gasteiger partial charge in [0.05, 0.1) is 11.6 Å². The zero-order valence-electron chi connectivity index (χ0n) is 13.2. The van der Waals surface area contributed by atoms with Crippen LogP contribution < -0.4 is 10.7 Å². The molecule has 0 saturated heterocycles. The largest absolute Gasteiger partial charge is 0.348 e. The molecule has 1 unspecified atom stereocenters. The van der Waals surface area contributed by atoms with E-state index in [9.17, 15) is 14.0 Å². The highest BCUT2D eigenvalue weighted by atomic mass is 19.1. The Morgan fingerprint density at radius 1 is 1.17 bits per heavy atom. The molecule has 0 aliphatic rings. The molecule has 3 aromatic rings. The lowest BCUT2D eigenvalue weighted by molar-refractivity contribution is -0.122. The lowest BCUT2D eigenvalue weighted by Gasteiger charge is -2.16. The van der Waals surface area contributed by atoms with E-state index < -0.39 is 5.82 Å². The van der Waals surface area contributed by atoms with Crippen LogP contribution in [-0.2, 0) is 11.3 Å². The number of nitrogens with zero attached hydrogens (tertiary/aromatic N) is 1. The predicted octanol–water partition coefficient (Wildman–Crippen LogP) is 3.02. The molecule has 1 N–H and O–H groups in total. The van der Waals surface area contributed by atoms with Gasteiger partial charge in [0.2, 0.25) is 5.91 Å². The van der Waals surface area contributed by atoms with Gasteiger partial charge in [-0.25, -0.2) is 4.39 Å². The number of hydrogen-bond acceptors (Lipinski definition) is 2. The number of rotatable bonds is 4. The molecular weight excluding hydrogens is 307 g/mol. The van der Waals surface area contributed by atoms with Gasteiger partial charge in [-0.1, -0.05) is 30.3 Å². The van der Waals surface area contributed by atoms with Crippen LogP contribution >= 0.6 is 0 Å². The number of amides is 1. The summed E-state index contributed by atoms with van der Waals surface area (Å²) in [4.78, 5) is 24.2. The van der Waals surface area contributed by atoms with E-state index >= 15 is 0 Å². The molecule has 1 amide bonds. The summed E-state index contributed by atoms with van der Waals surface area (Å²) in [5.74, 6) is -0.653. The first-order valence-corrected chi connectivity index (χ1v) is 7.67. The fourth-order valence-corrected chi connectivity index (χ4v) is 2.69. The van der Waals surface area contributed by atoms with Gasteiger partial charge in [0.1, 0.15) is 12.4 Å². The Labute approximate surface area is 138 Å². The molecule has 3 rings (SSSR count). The third kappa shape index (κ3) is 3.35. The molecule has 5 heteroatoms. The van der Waals surface area contributed by atoms with Crippen LogP contribution in [0.5, 0.6) is 0 Å². The first kappa shape index (κ1) is 15.9. The second-order valence-electron chi connectivity index (χ2n) is 5.67. The van der Waals surface area contributed by atoms with Crippen LogP contribution in [0.25, 0.3) is 10.9 Å². The molecule has 0 aliphatic heterocycles. The van der Waals surface area contributed by atoms with Gasteiger partial charge in [0, 0.05) is 17.6 Å². The van der Waals surface area contributed by atoms with E-state index in [4.69, 9.17) is 0 Å². The number of halogens is 1. The van der Waals surface area contributed by atoms with E-state index in [-0.39, 0.29) is 29.3 Å². The number of carbonyl (C=O) groups excluding carboxylic acids is 1. The Kier molecular flexibility index (Phi) is 4.42. The maximum absolute atomic E-state index is 13.3. The van der Waals surface area contributed by atoms with Crippen LogP contribution in [0.15, 0.2) is 65.6 Å². The second-order valence-corrected chi connectivity index (χ2v) is 5.67. The van der Waals surface area contributed by atoms with Crippen molar-refractivity contribution in [2.75, 3.05) is 0 Å². The lowest BCUT2D eigenvalue weighted by atomic mass is 10.1. The van der Waals surface area contributed by atoms with E-state index in [2.05, 4.69) is 5.32 Å². The van der Waals surface area contributed by atoms with Gasteiger partial charge < -0.3 is 9.88 Å². The summed E-state index contributed by atoms with van der Waals surface area (Å²) < 4.78 is 15.0. The summed E-state index contributed by atoms with van der Waals surface area (Å²) in [6, 6.07) is 14.9. The van der Waals surface area contributed by atoms with E-state index in [1.807, 2.05) is 37.3 Å². The number of benzene rings is 2. The number of carbonyl (C=O) groups is 1. The van der Waals surface area contributed by atoms with Gasteiger partial charge in [-0.15, -0.1) is 0 Å². The Morgan fingerprint density at radius 3 is 2.67 bits per heavy atom. The van der Waals surface area contributed by atoms with E-state index in [0.29, 0.717) is 5.52 Å². The Hall–Kier alpha value is -2.95. The van der Waals surface area contributed by atoms with Crippen molar-refractivity contribution >= 4 is 16.8 Å². The van der Waals surface area contributed by atoms with Gasteiger partial charge in [-0.2, -0.15) is 0 Å². The maximum Gasteiger partial charge on any atom is 0.240 e. The van der Waals surface area contributed by atoms with Crippen LogP contribution in [0, 0.1) is 5.82 Å². The third-order valence-electron chi connectivity index (χ3n) is 3.93. The average Bonchev–Trinajstić information content (AvgIpc) is 2.58. The van der Waals surface area contributed by atoms with Crippen molar-refractivity contribution in [1.29, 1.82) is 0 Å². The number of pyridine rings is 1. The highest BCUT2D eigenvalue weighted by molar-refractivity contribution is 5.82. The first-order chi connectivity index (χ1) is 11.5. The molecule has 0 radical (unpaired) electrons. The average molecular weight is 324 g/mol. The van der Waals surface area contributed by atoms with Gasteiger partial charge in [0.25, 0.3) is 0 Å². The van der Waals surface area contributed by atoms with E-state index in [1.54, 1.807) is 10.8 Å². The standard InChI is InChI=1S/C19H17FN2O2/c1-13(14-5-3-2-4-6-14)21-19(24)12-22-10-9-18(23)16-11-15(20)7-8-17(16)22/h2-11,13H,12H2,1H3,(H,21,24). The fourth-order valence-electron chi connectivity index (χ4n) is 2.69. The molecule has 0 fully saturated rings. The number of hydrogen-bond donors (Lipinski definition) is 1.